The molecule has 1 aromatic rings. The van der Waals surface area contributed by atoms with Gasteiger partial charge in [0.05, 0.1) is 24.2 Å². The van der Waals surface area contributed by atoms with Crippen molar-refractivity contribution in [2.75, 3.05) is 12.3 Å². The predicted molar refractivity (Wildman–Crippen MR) is 105 cm³/mol. The van der Waals surface area contributed by atoms with Gasteiger partial charge in [-0.2, -0.15) is 0 Å². The lowest BCUT2D eigenvalue weighted by Crippen LogP contribution is -2.16. The van der Waals surface area contributed by atoms with Crippen LogP contribution in [0.5, 0.6) is 0 Å². The lowest BCUT2D eigenvalue weighted by molar-refractivity contribution is -0.149. The van der Waals surface area contributed by atoms with Crippen molar-refractivity contribution in [3.8, 4) is 0 Å². The molecule has 0 aliphatic heterocycles. The second-order valence-corrected chi connectivity index (χ2v) is 10.1. The summed E-state index contributed by atoms with van der Waals surface area (Å²) in [5.41, 5.74) is 0.882. The van der Waals surface area contributed by atoms with Gasteiger partial charge in [-0.1, -0.05) is 44.2 Å². The first-order valence-electron chi connectivity index (χ1n) is 8.74. The third-order valence-electron chi connectivity index (χ3n) is 3.75. The van der Waals surface area contributed by atoms with E-state index in [1.54, 1.807) is 6.92 Å². The van der Waals surface area contributed by atoms with Crippen LogP contribution < -0.4 is 0 Å². The van der Waals surface area contributed by atoms with E-state index < -0.39 is 39.0 Å². The SMILES string of the molecule is C[C@@H](CCP(=O)(O)O)C(=O)O.C[C@@H](CCP(=O)(O)O)C(=O)OCc1ccccc1. The summed E-state index contributed by atoms with van der Waals surface area (Å²) in [4.78, 5) is 55.9. The molecule has 5 N–H and O–H groups in total. The maximum absolute atomic E-state index is 11.6. The molecule has 10 nitrogen and oxygen atoms in total. The number of benzene rings is 1. The topological polar surface area (TPSA) is 179 Å². The van der Waals surface area contributed by atoms with Crippen molar-refractivity contribution in [1.82, 2.24) is 0 Å². The van der Waals surface area contributed by atoms with Gasteiger partial charge in [0.2, 0.25) is 0 Å². The van der Waals surface area contributed by atoms with E-state index in [2.05, 4.69) is 0 Å². The maximum Gasteiger partial charge on any atom is 0.325 e. The van der Waals surface area contributed by atoms with Gasteiger partial charge in [-0.15, -0.1) is 0 Å². The Hall–Kier alpha value is -1.54. The number of carboxylic acid groups (broad SMARTS) is 1. The number of aliphatic carboxylic acids is 1. The molecule has 2 atom stereocenters. The highest BCUT2D eigenvalue weighted by Crippen LogP contribution is 2.36. The highest BCUT2D eigenvalue weighted by atomic mass is 31.2. The molecule has 0 fully saturated rings. The Balaban J connectivity index is 0.000000614. The maximum atomic E-state index is 11.6. The van der Waals surface area contributed by atoms with Crippen LogP contribution in [-0.2, 0) is 30.1 Å². The zero-order chi connectivity index (χ0) is 22.7. The van der Waals surface area contributed by atoms with Gasteiger partial charge >= 0.3 is 27.1 Å². The molecule has 0 unspecified atom stereocenters. The van der Waals surface area contributed by atoms with Crippen molar-refractivity contribution in [1.29, 1.82) is 0 Å². The highest BCUT2D eigenvalue weighted by molar-refractivity contribution is 7.52. The van der Waals surface area contributed by atoms with Crippen molar-refractivity contribution in [3.63, 3.8) is 0 Å². The van der Waals surface area contributed by atoms with Gasteiger partial charge in [-0.25, -0.2) is 0 Å². The van der Waals surface area contributed by atoms with Crippen molar-refractivity contribution in [3.05, 3.63) is 35.9 Å². The Morgan fingerprint density at radius 2 is 1.34 bits per heavy atom. The molecular weight excluding hydrogens is 426 g/mol. The van der Waals surface area contributed by atoms with Gasteiger partial charge < -0.3 is 29.4 Å². The summed E-state index contributed by atoms with van der Waals surface area (Å²) in [7, 11) is -8.07. The van der Waals surface area contributed by atoms with Crippen molar-refractivity contribution < 1.29 is 48.1 Å². The van der Waals surface area contributed by atoms with Gasteiger partial charge in [0.15, 0.2) is 0 Å². The monoisotopic (exact) mass is 454 g/mol. The molecule has 0 spiro atoms. The standard InChI is InChI=1S/C12H17O5P.C5H11O5P/c1-10(7-8-18(14,15)16)12(13)17-9-11-5-3-2-4-6-11;1-4(5(6)7)2-3-11(8,9)10/h2-6,10H,7-9H2,1H3,(H2,14,15,16);4H,2-3H2,1H3,(H,6,7)(H2,8,9,10)/t10-;4-/m00/s1. The number of ether oxygens (including phenoxy) is 1. The van der Waals surface area contributed by atoms with Gasteiger partial charge in [-0.3, -0.25) is 18.7 Å². The molecule has 12 heteroatoms. The fraction of sp³-hybridized carbons (Fsp3) is 0.529. The van der Waals surface area contributed by atoms with Gasteiger partial charge in [-0.05, 0) is 18.4 Å². The molecule has 0 saturated carbocycles. The average molecular weight is 454 g/mol. The minimum atomic E-state index is -4.04. The quantitative estimate of drug-likeness (QED) is 0.260. The zero-order valence-corrected chi connectivity index (χ0v) is 18.0. The number of hydrogen-bond acceptors (Lipinski definition) is 5. The molecule has 0 radical (unpaired) electrons. The molecule has 29 heavy (non-hydrogen) atoms. The normalized spacial score (nSPS) is 13.6. The van der Waals surface area contributed by atoms with E-state index >= 15 is 0 Å². The van der Waals surface area contributed by atoms with Crippen LogP contribution >= 0.6 is 15.2 Å². The van der Waals surface area contributed by atoms with E-state index in [9.17, 15) is 18.7 Å². The zero-order valence-electron chi connectivity index (χ0n) is 16.2. The number of carboxylic acids is 1. The number of carbonyl (C=O) groups is 2. The van der Waals surface area contributed by atoms with E-state index in [1.165, 1.54) is 6.92 Å². The van der Waals surface area contributed by atoms with E-state index in [-0.39, 0.29) is 31.8 Å². The summed E-state index contributed by atoms with van der Waals surface area (Å²) in [5, 5.41) is 8.33. The summed E-state index contributed by atoms with van der Waals surface area (Å²) < 4.78 is 26.0. The van der Waals surface area contributed by atoms with Gasteiger partial charge in [0.1, 0.15) is 6.61 Å². The fourth-order valence-corrected chi connectivity index (χ4v) is 3.28. The molecule has 0 heterocycles. The Kier molecular flexibility index (Phi) is 12.2. The largest absolute Gasteiger partial charge is 0.481 e. The van der Waals surface area contributed by atoms with E-state index in [0.29, 0.717) is 0 Å². The van der Waals surface area contributed by atoms with Crippen molar-refractivity contribution in [2.24, 2.45) is 11.8 Å². The van der Waals surface area contributed by atoms with Crippen LogP contribution in [0.1, 0.15) is 32.3 Å². The molecular formula is C17H28O10P2. The third kappa shape index (κ3) is 16.0. The molecule has 0 aromatic heterocycles. The second-order valence-electron chi connectivity index (χ2n) is 6.59. The molecule has 0 amide bonds. The van der Waals surface area contributed by atoms with Crippen LogP contribution in [0, 0.1) is 11.8 Å². The van der Waals surface area contributed by atoms with Crippen molar-refractivity contribution >= 4 is 27.1 Å². The first kappa shape index (κ1) is 27.5. The lowest BCUT2D eigenvalue weighted by atomic mass is 10.1. The molecule has 1 rings (SSSR count). The smallest absolute Gasteiger partial charge is 0.325 e. The summed E-state index contributed by atoms with van der Waals surface area (Å²) >= 11 is 0. The van der Waals surface area contributed by atoms with Gasteiger partial charge in [0, 0.05) is 0 Å². The summed E-state index contributed by atoms with van der Waals surface area (Å²) in [6.45, 7) is 3.20. The van der Waals surface area contributed by atoms with Crippen LogP contribution in [-0.4, -0.2) is 48.9 Å². The summed E-state index contributed by atoms with van der Waals surface area (Å²) in [6.07, 6.45) is -0.521. The number of esters is 1. The van der Waals surface area contributed by atoms with Crippen LogP contribution in [0.3, 0.4) is 0 Å². The highest BCUT2D eigenvalue weighted by Gasteiger charge is 2.20. The van der Waals surface area contributed by atoms with Crippen LogP contribution in [0.4, 0.5) is 0 Å². The average Bonchev–Trinajstić information content (AvgIpc) is 2.62. The van der Waals surface area contributed by atoms with Crippen LogP contribution in [0.25, 0.3) is 0 Å². The van der Waals surface area contributed by atoms with Crippen LogP contribution in [0.2, 0.25) is 0 Å². The first-order chi connectivity index (χ1) is 13.2. The number of carbonyl (C=O) groups excluding carboxylic acids is 1. The minimum Gasteiger partial charge on any atom is -0.481 e. The molecule has 0 bridgehead atoms. The Morgan fingerprint density at radius 1 is 0.897 bits per heavy atom. The van der Waals surface area contributed by atoms with Crippen LogP contribution in [0.15, 0.2) is 30.3 Å². The van der Waals surface area contributed by atoms with Gasteiger partial charge in [0.25, 0.3) is 0 Å². The van der Waals surface area contributed by atoms with E-state index in [0.717, 1.165) is 5.56 Å². The molecule has 0 saturated heterocycles. The predicted octanol–water partition coefficient (Wildman–Crippen LogP) is 2.21. The minimum absolute atomic E-state index is 0.0135. The second kappa shape index (κ2) is 12.9. The Morgan fingerprint density at radius 3 is 1.76 bits per heavy atom. The molecule has 0 aliphatic carbocycles. The van der Waals surface area contributed by atoms with E-state index in [4.69, 9.17) is 29.4 Å². The third-order valence-corrected chi connectivity index (χ3v) is 5.44. The Labute approximate surface area is 169 Å². The lowest BCUT2D eigenvalue weighted by Gasteiger charge is -2.11. The number of hydrogen-bond donors (Lipinski definition) is 5. The fourth-order valence-electron chi connectivity index (χ4n) is 1.84. The number of rotatable bonds is 10. The molecule has 166 valence electrons. The summed E-state index contributed by atoms with van der Waals surface area (Å²) in [5.74, 6) is -2.67. The van der Waals surface area contributed by atoms with Crippen molar-refractivity contribution in [2.45, 2.75) is 33.3 Å². The Bertz CT molecular complexity index is 725. The summed E-state index contributed by atoms with van der Waals surface area (Å²) in [6, 6.07) is 9.25. The van der Waals surface area contributed by atoms with E-state index in [1.807, 2.05) is 30.3 Å². The molecule has 0 aliphatic rings. The molecule has 1 aromatic carbocycles. The first-order valence-corrected chi connectivity index (χ1v) is 12.3.